The van der Waals surface area contributed by atoms with Crippen LogP contribution >= 0.6 is 23.2 Å². The Bertz CT molecular complexity index is 557. The van der Waals surface area contributed by atoms with Crippen LogP contribution in [0.25, 0.3) is 5.69 Å². The molecule has 0 saturated carbocycles. The molecule has 1 aromatic carbocycles. The van der Waals surface area contributed by atoms with E-state index in [0.717, 1.165) is 37.8 Å². The lowest BCUT2D eigenvalue weighted by Gasteiger charge is -2.11. The van der Waals surface area contributed by atoms with Crippen molar-refractivity contribution in [2.75, 3.05) is 25.1 Å². The van der Waals surface area contributed by atoms with Crippen molar-refractivity contribution in [3.8, 4) is 5.69 Å². The summed E-state index contributed by atoms with van der Waals surface area (Å²) in [5.74, 6) is 0.741. The maximum absolute atomic E-state index is 6.21. The highest BCUT2D eigenvalue weighted by molar-refractivity contribution is 6.34. The van der Waals surface area contributed by atoms with Crippen molar-refractivity contribution in [2.45, 2.75) is 13.3 Å². The molecule has 0 aliphatic rings. The van der Waals surface area contributed by atoms with E-state index in [9.17, 15) is 0 Å². The van der Waals surface area contributed by atoms with Gasteiger partial charge in [-0.05, 0) is 31.5 Å². The van der Waals surface area contributed by atoms with E-state index in [-0.39, 0.29) is 0 Å². The van der Waals surface area contributed by atoms with E-state index in [4.69, 9.17) is 27.9 Å². The van der Waals surface area contributed by atoms with E-state index in [1.807, 2.05) is 23.8 Å². The van der Waals surface area contributed by atoms with Crippen molar-refractivity contribution in [3.05, 3.63) is 40.6 Å². The Balaban J connectivity index is 2.06. The van der Waals surface area contributed by atoms with Gasteiger partial charge < -0.3 is 10.1 Å². The van der Waals surface area contributed by atoms with E-state index in [2.05, 4.69) is 10.3 Å². The lowest BCUT2D eigenvalue weighted by Crippen LogP contribution is -2.10. The van der Waals surface area contributed by atoms with Crippen LogP contribution in [0, 0.1) is 0 Å². The summed E-state index contributed by atoms with van der Waals surface area (Å²) < 4.78 is 7.18. The van der Waals surface area contributed by atoms with Crippen molar-refractivity contribution < 1.29 is 4.74 Å². The fourth-order valence-corrected chi connectivity index (χ4v) is 2.19. The molecule has 0 bridgehead atoms. The zero-order valence-corrected chi connectivity index (χ0v) is 12.8. The average molecular weight is 314 g/mol. The molecule has 1 aromatic heterocycles. The molecule has 0 amide bonds. The van der Waals surface area contributed by atoms with Gasteiger partial charge in [-0.15, -0.1) is 0 Å². The van der Waals surface area contributed by atoms with Crippen molar-refractivity contribution >= 4 is 29.2 Å². The molecule has 0 radical (unpaired) electrons. The molecule has 0 fully saturated rings. The minimum atomic E-state index is 0.629. The number of halogens is 2. The monoisotopic (exact) mass is 313 g/mol. The Hall–Kier alpha value is -1.23. The standard InChI is InChI=1S/C14H17Cl2N3O/c1-2-20-9-3-6-17-14-18-7-8-19(14)13-10-11(15)4-5-12(13)16/h4-5,7-8,10H,2-3,6,9H2,1H3,(H,17,18). The van der Waals surface area contributed by atoms with E-state index in [0.29, 0.717) is 10.0 Å². The van der Waals surface area contributed by atoms with Gasteiger partial charge >= 0.3 is 0 Å². The first kappa shape index (κ1) is 15.2. The molecule has 0 aliphatic heterocycles. The summed E-state index contributed by atoms with van der Waals surface area (Å²) in [6.07, 6.45) is 4.49. The molecule has 2 aromatic rings. The highest BCUT2D eigenvalue weighted by atomic mass is 35.5. The van der Waals surface area contributed by atoms with E-state index in [1.165, 1.54) is 0 Å². The van der Waals surface area contributed by atoms with Crippen LogP contribution in [0.5, 0.6) is 0 Å². The first-order valence-corrected chi connectivity index (χ1v) is 7.28. The molecule has 1 heterocycles. The van der Waals surface area contributed by atoms with E-state index >= 15 is 0 Å². The molecule has 0 unspecified atom stereocenters. The fraction of sp³-hybridized carbons (Fsp3) is 0.357. The highest BCUT2D eigenvalue weighted by Crippen LogP contribution is 2.26. The maximum Gasteiger partial charge on any atom is 0.207 e. The van der Waals surface area contributed by atoms with Crippen molar-refractivity contribution in [1.82, 2.24) is 9.55 Å². The summed E-state index contributed by atoms with van der Waals surface area (Å²) in [7, 11) is 0. The zero-order chi connectivity index (χ0) is 14.4. The Morgan fingerprint density at radius 1 is 1.35 bits per heavy atom. The number of aromatic nitrogens is 2. The van der Waals surface area contributed by atoms with Crippen molar-refractivity contribution in [3.63, 3.8) is 0 Å². The van der Waals surface area contributed by atoms with Gasteiger partial charge in [0, 0.05) is 37.2 Å². The summed E-state index contributed by atoms with van der Waals surface area (Å²) in [4.78, 5) is 4.29. The number of anilines is 1. The minimum absolute atomic E-state index is 0.629. The average Bonchev–Trinajstić information content (AvgIpc) is 2.89. The van der Waals surface area contributed by atoms with E-state index in [1.54, 1.807) is 18.3 Å². The summed E-state index contributed by atoms with van der Waals surface area (Å²) in [5, 5.41) is 4.54. The number of hydrogen-bond acceptors (Lipinski definition) is 3. The third kappa shape index (κ3) is 3.88. The smallest absolute Gasteiger partial charge is 0.207 e. The van der Waals surface area contributed by atoms with Gasteiger partial charge in [0.15, 0.2) is 0 Å². The first-order chi connectivity index (χ1) is 9.72. The predicted octanol–water partition coefficient (Wildman–Crippen LogP) is 4.02. The Labute approximate surface area is 128 Å². The van der Waals surface area contributed by atoms with Crippen LogP contribution in [0.1, 0.15) is 13.3 Å². The van der Waals surface area contributed by atoms with Crippen LogP contribution in [0.3, 0.4) is 0 Å². The van der Waals surface area contributed by atoms with Gasteiger partial charge in [0.1, 0.15) is 0 Å². The van der Waals surface area contributed by atoms with Crippen LogP contribution < -0.4 is 5.32 Å². The topological polar surface area (TPSA) is 39.1 Å². The number of benzene rings is 1. The van der Waals surface area contributed by atoms with Gasteiger partial charge in [-0.2, -0.15) is 0 Å². The number of hydrogen-bond donors (Lipinski definition) is 1. The van der Waals surface area contributed by atoms with Gasteiger partial charge in [-0.3, -0.25) is 4.57 Å². The third-order valence-electron chi connectivity index (χ3n) is 2.76. The largest absolute Gasteiger partial charge is 0.382 e. The highest BCUT2D eigenvalue weighted by Gasteiger charge is 2.08. The SMILES string of the molecule is CCOCCCNc1nccn1-c1cc(Cl)ccc1Cl. The molecule has 108 valence electrons. The van der Waals surface area contributed by atoms with Crippen LogP contribution in [-0.4, -0.2) is 29.3 Å². The van der Waals surface area contributed by atoms with Crippen LogP contribution in [0.4, 0.5) is 5.95 Å². The molecule has 6 heteroatoms. The second-order valence-corrected chi connectivity index (χ2v) is 5.04. The molecule has 0 spiro atoms. The second kappa shape index (κ2) is 7.53. The van der Waals surface area contributed by atoms with Crippen molar-refractivity contribution in [1.29, 1.82) is 0 Å². The molecule has 2 rings (SSSR count). The molecule has 0 aliphatic carbocycles. The van der Waals surface area contributed by atoms with Gasteiger partial charge in [-0.25, -0.2) is 4.98 Å². The van der Waals surface area contributed by atoms with Gasteiger partial charge in [0.05, 0.1) is 10.7 Å². The molecule has 20 heavy (non-hydrogen) atoms. The summed E-state index contributed by atoms with van der Waals surface area (Å²) in [5.41, 5.74) is 0.809. The normalized spacial score (nSPS) is 10.8. The minimum Gasteiger partial charge on any atom is -0.382 e. The first-order valence-electron chi connectivity index (χ1n) is 6.52. The van der Waals surface area contributed by atoms with Crippen LogP contribution in [-0.2, 0) is 4.74 Å². The summed E-state index contributed by atoms with van der Waals surface area (Å²) in [6.45, 7) is 4.26. The Morgan fingerprint density at radius 2 is 2.20 bits per heavy atom. The second-order valence-electron chi connectivity index (χ2n) is 4.19. The lowest BCUT2D eigenvalue weighted by molar-refractivity contribution is 0.147. The van der Waals surface area contributed by atoms with Gasteiger partial charge in [0.25, 0.3) is 0 Å². The number of imidazole rings is 1. The summed E-state index contributed by atoms with van der Waals surface area (Å²) in [6, 6.07) is 5.36. The zero-order valence-electron chi connectivity index (χ0n) is 11.3. The van der Waals surface area contributed by atoms with Gasteiger partial charge in [-0.1, -0.05) is 23.2 Å². The van der Waals surface area contributed by atoms with E-state index < -0.39 is 0 Å². The van der Waals surface area contributed by atoms with Gasteiger partial charge in [0.2, 0.25) is 5.95 Å². The lowest BCUT2D eigenvalue weighted by atomic mass is 10.3. The predicted molar refractivity (Wildman–Crippen MR) is 83.2 cm³/mol. The molecular weight excluding hydrogens is 297 g/mol. The molecular formula is C14H17Cl2N3O. The number of nitrogens with one attached hydrogen (secondary N) is 1. The fourth-order valence-electron chi connectivity index (χ4n) is 1.82. The Kier molecular flexibility index (Phi) is 5.71. The van der Waals surface area contributed by atoms with Crippen molar-refractivity contribution in [2.24, 2.45) is 0 Å². The van der Waals surface area contributed by atoms with Crippen LogP contribution in [0.2, 0.25) is 10.0 Å². The molecule has 1 N–H and O–H groups in total. The third-order valence-corrected chi connectivity index (χ3v) is 3.32. The number of nitrogens with zero attached hydrogens (tertiary/aromatic N) is 2. The molecule has 0 atom stereocenters. The summed E-state index contributed by atoms with van der Waals surface area (Å²) >= 11 is 12.2. The maximum atomic E-state index is 6.21. The molecule has 0 saturated heterocycles. The Morgan fingerprint density at radius 3 is 3.00 bits per heavy atom. The number of ether oxygens (including phenoxy) is 1. The quantitative estimate of drug-likeness (QED) is 0.785. The van der Waals surface area contributed by atoms with Crippen LogP contribution in [0.15, 0.2) is 30.6 Å². The number of rotatable bonds is 7. The molecule has 4 nitrogen and oxygen atoms in total.